The highest BCUT2D eigenvalue weighted by atomic mass is 32.2. The van der Waals surface area contributed by atoms with E-state index in [-0.39, 0.29) is 6.54 Å². The Morgan fingerprint density at radius 2 is 2.00 bits per heavy atom. The summed E-state index contributed by atoms with van der Waals surface area (Å²) in [5.41, 5.74) is 4.04. The third-order valence-electron chi connectivity index (χ3n) is 3.59. The Bertz CT molecular complexity index is 924. The molecule has 7 heteroatoms. The van der Waals surface area contributed by atoms with Crippen molar-refractivity contribution in [3.05, 3.63) is 52.9 Å². The lowest BCUT2D eigenvalue weighted by atomic mass is 10.1. The van der Waals surface area contributed by atoms with Crippen molar-refractivity contribution in [1.82, 2.24) is 10.3 Å². The first-order valence-corrected chi connectivity index (χ1v) is 8.98. The maximum atomic E-state index is 10.6. The van der Waals surface area contributed by atoms with Crippen LogP contribution >= 0.6 is 23.1 Å². The lowest BCUT2D eigenvalue weighted by Crippen LogP contribution is -2.19. The predicted molar refractivity (Wildman–Crippen MR) is 96.3 cm³/mol. The van der Waals surface area contributed by atoms with E-state index >= 15 is 0 Å². The minimum Gasteiger partial charge on any atom is -0.465 e. The number of carbonyl (C=O) groups is 1. The van der Waals surface area contributed by atoms with Crippen molar-refractivity contribution in [2.45, 2.75) is 16.3 Å². The fourth-order valence-electron chi connectivity index (χ4n) is 2.47. The van der Waals surface area contributed by atoms with Gasteiger partial charge in [0.2, 0.25) is 0 Å². The molecule has 1 aromatic heterocycles. The second-order valence-corrected chi connectivity index (χ2v) is 7.25. The summed E-state index contributed by atoms with van der Waals surface area (Å²) < 4.78 is 0. The van der Waals surface area contributed by atoms with E-state index < -0.39 is 6.09 Å². The van der Waals surface area contributed by atoms with Gasteiger partial charge in [0.05, 0.1) is 23.6 Å². The largest absolute Gasteiger partial charge is 0.465 e. The quantitative estimate of drug-likeness (QED) is 0.493. The number of rotatable bonds is 3. The number of hydrogen-bond donors (Lipinski definition) is 3. The first-order valence-electron chi connectivity index (χ1n) is 7.28. The Morgan fingerprint density at radius 3 is 2.88 bits per heavy atom. The van der Waals surface area contributed by atoms with Gasteiger partial charge in [0.1, 0.15) is 5.01 Å². The third-order valence-corrected chi connectivity index (χ3v) is 5.59. The van der Waals surface area contributed by atoms with Crippen molar-refractivity contribution in [3.8, 4) is 11.3 Å². The number of carboxylic acid groups (broad SMARTS) is 1. The van der Waals surface area contributed by atoms with Gasteiger partial charge in [0, 0.05) is 20.7 Å². The highest BCUT2D eigenvalue weighted by Crippen LogP contribution is 2.45. The number of benzene rings is 2. The molecular weight excluding hydrogens is 342 g/mol. The molecule has 0 radical (unpaired) electrons. The van der Waals surface area contributed by atoms with Crippen LogP contribution in [0.5, 0.6) is 0 Å². The number of nitrogens with one attached hydrogen (secondary N) is 2. The van der Waals surface area contributed by atoms with Gasteiger partial charge in [-0.05, 0) is 24.3 Å². The predicted octanol–water partition coefficient (Wildman–Crippen LogP) is 4.79. The zero-order chi connectivity index (χ0) is 16.5. The van der Waals surface area contributed by atoms with Crippen LogP contribution in [0, 0.1) is 0 Å². The fourth-order valence-corrected chi connectivity index (χ4v) is 4.19. The average molecular weight is 355 g/mol. The molecule has 5 nitrogen and oxygen atoms in total. The molecule has 0 saturated carbocycles. The van der Waals surface area contributed by atoms with E-state index in [2.05, 4.69) is 39.9 Å². The van der Waals surface area contributed by atoms with Crippen LogP contribution in [0.25, 0.3) is 11.3 Å². The number of amides is 1. The molecule has 1 aliphatic heterocycles. The molecule has 2 heterocycles. The minimum absolute atomic E-state index is 0.229. The molecule has 24 heavy (non-hydrogen) atoms. The molecule has 3 N–H and O–H groups in total. The third kappa shape index (κ3) is 2.95. The van der Waals surface area contributed by atoms with E-state index in [9.17, 15) is 4.79 Å². The molecule has 3 aromatic rings. The summed E-state index contributed by atoms with van der Waals surface area (Å²) in [5.74, 6) is 0. The summed E-state index contributed by atoms with van der Waals surface area (Å²) >= 11 is 3.20. The van der Waals surface area contributed by atoms with Crippen molar-refractivity contribution in [2.75, 3.05) is 5.32 Å². The Labute approximate surface area is 146 Å². The standard InChI is InChI=1S/C17H13N3O2S2/c21-17(22)18-8-16-20-13(9-23-16)10-5-6-15-12(7-10)19-11-3-1-2-4-14(11)24-15/h1-7,9,18-19H,8H2,(H,21,22). The van der Waals surface area contributed by atoms with Crippen molar-refractivity contribution >= 4 is 40.6 Å². The van der Waals surface area contributed by atoms with Crippen LogP contribution in [0.15, 0.2) is 57.6 Å². The second kappa shape index (κ2) is 6.18. The molecule has 0 spiro atoms. The molecule has 0 unspecified atom stereocenters. The van der Waals surface area contributed by atoms with Crippen LogP contribution in [-0.2, 0) is 6.54 Å². The molecular formula is C17H13N3O2S2. The second-order valence-electron chi connectivity index (χ2n) is 5.22. The van der Waals surface area contributed by atoms with Gasteiger partial charge < -0.3 is 15.7 Å². The molecule has 0 fully saturated rings. The van der Waals surface area contributed by atoms with Crippen molar-refractivity contribution in [2.24, 2.45) is 0 Å². The van der Waals surface area contributed by atoms with E-state index in [1.54, 1.807) is 11.8 Å². The molecule has 1 aliphatic rings. The zero-order valence-corrected chi connectivity index (χ0v) is 14.1. The van der Waals surface area contributed by atoms with Crippen LogP contribution in [-0.4, -0.2) is 16.2 Å². The average Bonchev–Trinajstić information content (AvgIpc) is 3.06. The Kier molecular flexibility index (Phi) is 3.87. The summed E-state index contributed by atoms with van der Waals surface area (Å²) in [6, 6.07) is 14.4. The molecule has 2 aromatic carbocycles. The van der Waals surface area contributed by atoms with Gasteiger partial charge in [-0.1, -0.05) is 30.0 Å². The van der Waals surface area contributed by atoms with Crippen LogP contribution < -0.4 is 10.6 Å². The number of hydrogen-bond acceptors (Lipinski definition) is 5. The maximum Gasteiger partial charge on any atom is 0.405 e. The number of anilines is 2. The van der Waals surface area contributed by atoms with E-state index in [0.29, 0.717) is 0 Å². The number of nitrogens with zero attached hydrogens (tertiary/aromatic N) is 1. The smallest absolute Gasteiger partial charge is 0.405 e. The number of fused-ring (bicyclic) bond motifs is 2. The van der Waals surface area contributed by atoms with Crippen LogP contribution in [0.2, 0.25) is 0 Å². The van der Waals surface area contributed by atoms with Gasteiger partial charge in [-0.3, -0.25) is 0 Å². The zero-order valence-electron chi connectivity index (χ0n) is 12.4. The summed E-state index contributed by atoms with van der Waals surface area (Å²) in [4.78, 5) is 17.5. The Morgan fingerprint density at radius 1 is 1.17 bits per heavy atom. The van der Waals surface area contributed by atoms with Crippen molar-refractivity contribution < 1.29 is 9.90 Å². The van der Waals surface area contributed by atoms with Gasteiger partial charge in [0.15, 0.2) is 0 Å². The van der Waals surface area contributed by atoms with Crippen molar-refractivity contribution in [3.63, 3.8) is 0 Å². The van der Waals surface area contributed by atoms with Crippen LogP contribution in [0.3, 0.4) is 0 Å². The Balaban J connectivity index is 1.59. The van der Waals surface area contributed by atoms with Crippen LogP contribution in [0.4, 0.5) is 16.2 Å². The summed E-state index contributed by atoms with van der Waals surface area (Å²) in [6.07, 6.45) is -1.04. The molecule has 0 atom stereocenters. The number of aromatic nitrogens is 1. The molecule has 0 bridgehead atoms. The molecule has 0 aliphatic carbocycles. The minimum atomic E-state index is -1.04. The lowest BCUT2D eigenvalue weighted by Gasteiger charge is -2.21. The van der Waals surface area contributed by atoms with Gasteiger partial charge in [-0.25, -0.2) is 9.78 Å². The highest BCUT2D eigenvalue weighted by Gasteiger charge is 2.16. The van der Waals surface area contributed by atoms with E-state index in [1.807, 2.05) is 23.6 Å². The summed E-state index contributed by atoms with van der Waals surface area (Å²) in [7, 11) is 0. The van der Waals surface area contributed by atoms with Gasteiger partial charge in [-0.2, -0.15) is 0 Å². The fraction of sp³-hybridized carbons (Fsp3) is 0.0588. The van der Waals surface area contributed by atoms with Gasteiger partial charge in [-0.15, -0.1) is 11.3 Å². The van der Waals surface area contributed by atoms with Gasteiger partial charge in [0.25, 0.3) is 0 Å². The van der Waals surface area contributed by atoms with Crippen LogP contribution in [0.1, 0.15) is 5.01 Å². The monoisotopic (exact) mass is 355 g/mol. The summed E-state index contributed by atoms with van der Waals surface area (Å²) in [6.45, 7) is 0.229. The van der Waals surface area contributed by atoms with Gasteiger partial charge >= 0.3 is 6.09 Å². The molecule has 4 rings (SSSR count). The first kappa shape index (κ1) is 15.0. The van der Waals surface area contributed by atoms with Crippen molar-refractivity contribution in [1.29, 1.82) is 0 Å². The molecule has 0 saturated heterocycles. The lowest BCUT2D eigenvalue weighted by molar-refractivity contribution is 0.194. The summed E-state index contributed by atoms with van der Waals surface area (Å²) in [5, 5.41) is 17.2. The number of para-hydroxylation sites is 1. The van der Waals surface area contributed by atoms with E-state index in [4.69, 9.17) is 5.11 Å². The Hall–Kier alpha value is -2.51. The molecule has 120 valence electrons. The first-order chi connectivity index (χ1) is 11.7. The topological polar surface area (TPSA) is 74.2 Å². The van der Waals surface area contributed by atoms with E-state index in [1.165, 1.54) is 21.1 Å². The highest BCUT2D eigenvalue weighted by molar-refractivity contribution is 7.99. The normalized spacial score (nSPS) is 12.0. The SMILES string of the molecule is O=C(O)NCc1nc(-c2ccc3c(c2)Nc2ccccc2S3)cs1. The maximum absolute atomic E-state index is 10.6. The van der Waals surface area contributed by atoms with E-state index in [0.717, 1.165) is 27.6 Å². The molecule has 1 amide bonds. The number of thiazole rings is 1.